The second-order valence-electron chi connectivity index (χ2n) is 6.31. The van der Waals surface area contributed by atoms with Crippen molar-refractivity contribution in [1.82, 2.24) is 4.98 Å². The number of hydrogen-bond acceptors (Lipinski definition) is 4. The Hall–Kier alpha value is -3.86. The van der Waals surface area contributed by atoms with Crippen LogP contribution in [0.15, 0.2) is 78.9 Å². The molecular formula is C23H18N2O3. The predicted molar refractivity (Wildman–Crippen MR) is 110 cm³/mol. The van der Waals surface area contributed by atoms with E-state index in [1.54, 1.807) is 19.2 Å². The van der Waals surface area contributed by atoms with Gasteiger partial charge in [0, 0.05) is 22.3 Å². The molecule has 5 heteroatoms. The van der Waals surface area contributed by atoms with Crippen molar-refractivity contribution in [2.75, 3.05) is 12.4 Å². The number of methoxy groups -OCH3 is 1. The molecule has 4 aromatic rings. The highest BCUT2D eigenvalue weighted by atomic mass is 16.5. The van der Waals surface area contributed by atoms with Crippen LogP contribution in [0.1, 0.15) is 10.4 Å². The van der Waals surface area contributed by atoms with Gasteiger partial charge in [-0.25, -0.2) is 9.78 Å². The summed E-state index contributed by atoms with van der Waals surface area (Å²) in [6.07, 6.45) is 0. The molecule has 1 heterocycles. The average Bonchev–Trinajstić information content (AvgIpc) is 2.74. The quantitative estimate of drug-likeness (QED) is 0.495. The van der Waals surface area contributed by atoms with Crippen molar-refractivity contribution in [1.29, 1.82) is 0 Å². The second-order valence-corrected chi connectivity index (χ2v) is 6.31. The van der Waals surface area contributed by atoms with Gasteiger partial charge in [0.05, 0.1) is 23.9 Å². The number of carboxylic acids is 1. The van der Waals surface area contributed by atoms with Crippen molar-refractivity contribution in [3.63, 3.8) is 0 Å². The lowest BCUT2D eigenvalue weighted by Crippen LogP contribution is -2.01. The third kappa shape index (κ3) is 3.50. The highest BCUT2D eigenvalue weighted by molar-refractivity contribution is 6.04. The van der Waals surface area contributed by atoms with Gasteiger partial charge in [-0.1, -0.05) is 30.3 Å². The highest BCUT2D eigenvalue weighted by Crippen LogP contribution is 2.28. The topological polar surface area (TPSA) is 71.5 Å². The minimum Gasteiger partial charge on any atom is -0.497 e. The number of ether oxygens (including phenoxy) is 1. The number of hydrogen-bond donors (Lipinski definition) is 2. The van der Waals surface area contributed by atoms with Gasteiger partial charge in [-0.05, 0) is 48.5 Å². The molecule has 0 spiro atoms. The number of benzene rings is 3. The molecule has 0 amide bonds. The maximum absolute atomic E-state index is 11.8. The maximum atomic E-state index is 11.8. The van der Waals surface area contributed by atoms with E-state index in [0.29, 0.717) is 16.6 Å². The number of carboxylic acid groups (broad SMARTS) is 1. The van der Waals surface area contributed by atoms with Crippen LogP contribution < -0.4 is 10.1 Å². The summed E-state index contributed by atoms with van der Waals surface area (Å²) in [5.41, 5.74) is 4.09. The van der Waals surface area contributed by atoms with E-state index in [1.807, 2.05) is 66.7 Å². The summed E-state index contributed by atoms with van der Waals surface area (Å²) < 4.78 is 5.17. The van der Waals surface area contributed by atoms with Crippen molar-refractivity contribution in [3.05, 3.63) is 84.4 Å². The molecule has 0 fully saturated rings. The number of aromatic carboxylic acids is 1. The molecular weight excluding hydrogens is 352 g/mol. The van der Waals surface area contributed by atoms with Gasteiger partial charge in [-0.3, -0.25) is 0 Å². The molecule has 0 unspecified atom stereocenters. The van der Waals surface area contributed by atoms with E-state index < -0.39 is 5.97 Å². The average molecular weight is 370 g/mol. The first-order chi connectivity index (χ1) is 13.6. The molecule has 28 heavy (non-hydrogen) atoms. The zero-order chi connectivity index (χ0) is 19.5. The summed E-state index contributed by atoms with van der Waals surface area (Å²) in [6.45, 7) is 0. The Labute approximate surface area is 162 Å². The summed E-state index contributed by atoms with van der Waals surface area (Å²) in [4.78, 5) is 16.5. The van der Waals surface area contributed by atoms with Crippen LogP contribution >= 0.6 is 0 Å². The number of rotatable bonds is 5. The SMILES string of the molecule is COc1ccc(Nc2ccc3c(C(=O)O)cc(-c4ccccc4)nc3c2)cc1. The molecule has 0 aliphatic heterocycles. The Morgan fingerprint density at radius 1 is 0.929 bits per heavy atom. The van der Waals surface area contributed by atoms with Crippen LogP contribution in [0.3, 0.4) is 0 Å². The normalized spacial score (nSPS) is 10.6. The van der Waals surface area contributed by atoms with Crippen molar-refractivity contribution in [3.8, 4) is 17.0 Å². The van der Waals surface area contributed by atoms with E-state index in [4.69, 9.17) is 9.72 Å². The van der Waals surface area contributed by atoms with Crippen LogP contribution in [-0.4, -0.2) is 23.2 Å². The molecule has 0 radical (unpaired) electrons. The number of fused-ring (bicyclic) bond motifs is 1. The van der Waals surface area contributed by atoms with Crippen LogP contribution in [0.5, 0.6) is 5.75 Å². The maximum Gasteiger partial charge on any atom is 0.336 e. The summed E-state index contributed by atoms with van der Waals surface area (Å²) >= 11 is 0. The lowest BCUT2D eigenvalue weighted by Gasteiger charge is -2.11. The van der Waals surface area contributed by atoms with Gasteiger partial charge in [0.1, 0.15) is 5.75 Å². The standard InChI is InChI=1S/C23H18N2O3/c1-28-18-10-7-16(8-11-18)24-17-9-12-19-20(23(26)27)14-21(25-22(19)13-17)15-5-3-2-4-6-15/h2-14,24H,1H3,(H,26,27). The fourth-order valence-corrected chi connectivity index (χ4v) is 3.08. The van der Waals surface area contributed by atoms with Crippen molar-refractivity contribution < 1.29 is 14.6 Å². The Morgan fingerprint density at radius 3 is 2.32 bits per heavy atom. The molecule has 0 saturated carbocycles. The molecule has 0 bridgehead atoms. The van der Waals surface area contributed by atoms with Crippen molar-refractivity contribution in [2.45, 2.75) is 0 Å². The minimum absolute atomic E-state index is 0.236. The Kier molecular flexibility index (Phi) is 4.64. The first-order valence-electron chi connectivity index (χ1n) is 8.78. The number of carbonyl (C=O) groups is 1. The van der Waals surface area contributed by atoms with Crippen LogP contribution in [0.2, 0.25) is 0 Å². The van der Waals surface area contributed by atoms with Gasteiger partial charge in [-0.15, -0.1) is 0 Å². The van der Waals surface area contributed by atoms with Crippen molar-refractivity contribution >= 4 is 28.2 Å². The van der Waals surface area contributed by atoms with E-state index in [-0.39, 0.29) is 5.56 Å². The number of pyridine rings is 1. The van der Waals surface area contributed by atoms with Gasteiger partial charge in [-0.2, -0.15) is 0 Å². The van der Waals surface area contributed by atoms with Gasteiger partial charge in [0.2, 0.25) is 0 Å². The number of aromatic nitrogens is 1. The van der Waals surface area contributed by atoms with E-state index in [0.717, 1.165) is 22.7 Å². The molecule has 1 aromatic heterocycles. The summed E-state index contributed by atoms with van der Waals surface area (Å²) in [7, 11) is 1.63. The molecule has 0 aliphatic rings. The second kappa shape index (κ2) is 7.40. The smallest absolute Gasteiger partial charge is 0.336 e. The molecule has 2 N–H and O–H groups in total. The third-order valence-corrected chi connectivity index (χ3v) is 4.49. The van der Waals surface area contributed by atoms with E-state index in [9.17, 15) is 9.90 Å². The molecule has 138 valence electrons. The zero-order valence-electron chi connectivity index (χ0n) is 15.2. The van der Waals surface area contributed by atoms with Crippen LogP contribution in [-0.2, 0) is 0 Å². The Bertz CT molecular complexity index is 1140. The highest BCUT2D eigenvalue weighted by Gasteiger charge is 2.13. The predicted octanol–water partition coefficient (Wildman–Crippen LogP) is 5.35. The van der Waals surface area contributed by atoms with Crippen LogP contribution in [0.25, 0.3) is 22.2 Å². The molecule has 5 nitrogen and oxygen atoms in total. The minimum atomic E-state index is -0.972. The third-order valence-electron chi connectivity index (χ3n) is 4.49. The lowest BCUT2D eigenvalue weighted by molar-refractivity contribution is 0.0699. The van der Waals surface area contributed by atoms with Gasteiger partial charge in [0.15, 0.2) is 0 Å². The van der Waals surface area contributed by atoms with Gasteiger partial charge >= 0.3 is 5.97 Å². The van der Waals surface area contributed by atoms with Crippen LogP contribution in [0, 0.1) is 0 Å². The number of nitrogens with one attached hydrogen (secondary N) is 1. The largest absolute Gasteiger partial charge is 0.497 e. The summed E-state index contributed by atoms with van der Waals surface area (Å²) in [6, 6.07) is 24.3. The number of anilines is 2. The number of nitrogens with zero attached hydrogens (tertiary/aromatic N) is 1. The van der Waals surface area contributed by atoms with Crippen LogP contribution in [0.4, 0.5) is 11.4 Å². The fourth-order valence-electron chi connectivity index (χ4n) is 3.08. The summed E-state index contributed by atoms with van der Waals surface area (Å²) in [5.74, 6) is -0.190. The first-order valence-corrected chi connectivity index (χ1v) is 8.78. The molecule has 0 atom stereocenters. The summed E-state index contributed by atoms with van der Waals surface area (Å²) in [5, 5.41) is 13.6. The fraction of sp³-hybridized carbons (Fsp3) is 0.0435. The van der Waals surface area contributed by atoms with E-state index in [2.05, 4.69) is 5.32 Å². The van der Waals surface area contributed by atoms with Gasteiger partial charge < -0.3 is 15.2 Å². The van der Waals surface area contributed by atoms with E-state index in [1.165, 1.54) is 0 Å². The molecule has 3 aromatic carbocycles. The zero-order valence-corrected chi connectivity index (χ0v) is 15.2. The first kappa shape index (κ1) is 17.5. The molecule has 4 rings (SSSR count). The Balaban J connectivity index is 1.77. The molecule has 0 aliphatic carbocycles. The monoisotopic (exact) mass is 370 g/mol. The lowest BCUT2D eigenvalue weighted by atomic mass is 10.0. The molecule has 0 saturated heterocycles. The van der Waals surface area contributed by atoms with Gasteiger partial charge in [0.25, 0.3) is 0 Å². The Morgan fingerprint density at radius 2 is 1.64 bits per heavy atom. The van der Waals surface area contributed by atoms with E-state index >= 15 is 0 Å². The van der Waals surface area contributed by atoms with Crippen molar-refractivity contribution in [2.24, 2.45) is 0 Å².